The van der Waals surface area contributed by atoms with E-state index in [0.717, 1.165) is 38.8 Å². The van der Waals surface area contributed by atoms with E-state index in [-0.39, 0.29) is 33.0 Å². The predicted molar refractivity (Wildman–Crippen MR) is 122 cm³/mol. The quantitative estimate of drug-likeness (QED) is 0.660. The van der Waals surface area contributed by atoms with Crippen molar-refractivity contribution in [3.63, 3.8) is 0 Å². The molecule has 1 aliphatic carbocycles. The fourth-order valence-corrected chi connectivity index (χ4v) is 6.07. The van der Waals surface area contributed by atoms with Crippen LogP contribution in [0, 0.1) is 0 Å². The number of halogens is 1. The number of sulfonamides is 1. The van der Waals surface area contributed by atoms with Crippen LogP contribution in [0.4, 0.5) is 0 Å². The predicted octanol–water partition coefficient (Wildman–Crippen LogP) is 3.13. The van der Waals surface area contributed by atoms with Crippen LogP contribution < -0.4 is 5.32 Å². The van der Waals surface area contributed by atoms with Crippen LogP contribution in [-0.2, 0) is 14.8 Å². The van der Waals surface area contributed by atoms with Gasteiger partial charge in [0.2, 0.25) is 10.0 Å². The molecule has 1 saturated carbocycles. The van der Waals surface area contributed by atoms with Crippen molar-refractivity contribution in [2.45, 2.75) is 62.4 Å². The number of ether oxygens (including phenoxy) is 1. The van der Waals surface area contributed by atoms with Crippen molar-refractivity contribution in [2.75, 3.05) is 39.9 Å². The maximum absolute atomic E-state index is 13.1. The van der Waals surface area contributed by atoms with Crippen molar-refractivity contribution in [3.05, 3.63) is 28.8 Å². The summed E-state index contributed by atoms with van der Waals surface area (Å²) in [4.78, 5) is 15.6. The number of carbonyl (C=O) groups is 1. The standard InChI is InChI=1S/C22H34ClN3O4S/c1-17(2)25(3)31(28,29)18-7-8-20(23)19(15-18)21(27)24-16-22(9-5-4-6-10-22)26-11-13-30-14-12-26/h7-8,15,17H,4-6,9-14,16H2,1-3H3,(H,24,27). The Hall–Kier alpha value is -1.19. The summed E-state index contributed by atoms with van der Waals surface area (Å²) in [5.74, 6) is -0.340. The molecule has 0 unspecified atom stereocenters. The summed E-state index contributed by atoms with van der Waals surface area (Å²) in [5, 5.41) is 3.31. The molecule has 2 fully saturated rings. The summed E-state index contributed by atoms with van der Waals surface area (Å²) in [5.41, 5.74) is 0.110. The molecular weight excluding hydrogens is 438 g/mol. The van der Waals surface area contributed by atoms with Crippen LogP contribution in [0.5, 0.6) is 0 Å². The van der Waals surface area contributed by atoms with Gasteiger partial charge in [-0.1, -0.05) is 30.9 Å². The molecule has 1 saturated heterocycles. The zero-order valence-electron chi connectivity index (χ0n) is 18.7. The Morgan fingerprint density at radius 3 is 2.48 bits per heavy atom. The number of morpholine rings is 1. The first kappa shape index (κ1) is 24.5. The van der Waals surface area contributed by atoms with Crippen LogP contribution in [0.2, 0.25) is 5.02 Å². The molecule has 1 N–H and O–H groups in total. The number of hydrogen-bond donors (Lipinski definition) is 1. The maximum atomic E-state index is 13.1. The van der Waals surface area contributed by atoms with Gasteiger partial charge in [0.25, 0.3) is 5.91 Å². The van der Waals surface area contributed by atoms with Crippen LogP contribution in [0.25, 0.3) is 0 Å². The topological polar surface area (TPSA) is 79.0 Å². The first-order valence-corrected chi connectivity index (χ1v) is 12.9. The van der Waals surface area contributed by atoms with Gasteiger partial charge in [0.1, 0.15) is 0 Å². The minimum atomic E-state index is -3.70. The lowest BCUT2D eigenvalue weighted by molar-refractivity contribution is -0.0361. The van der Waals surface area contributed by atoms with Crippen LogP contribution >= 0.6 is 11.6 Å². The highest BCUT2D eigenvalue weighted by Gasteiger charge is 2.39. The highest BCUT2D eigenvalue weighted by atomic mass is 35.5. The van der Waals surface area contributed by atoms with Crippen molar-refractivity contribution in [3.8, 4) is 0 Å². The number of nitrogens with one attached hydrogen (secondary N) is 1. The molecule has 0 atom stereocenters. The monoisotopic (exact) mass is 471 g/mol. The zero-order valence-corrected chi connectivity index (χ0v) is 20.3. The van der Waals surface area contributed by atoms with E-state index in [0.29, 0.717) is 19.8 Å². The number of hydrogen-bond acceptors (Lipinski definition) is 5. The molecule has 1 aliphatic heterocycles. The average molecular weight is 472 g/mol. The second-order valence-corrected chi connectivity index (χ2v) is 11.2. The first-order valence-electron chi connectivity index (χ1n) is 11.1. The lowest BCUT2D eigenvalue weighted by Gasteiger charge is -2.48. The molecule has 0 aromatic heterocycles. The van der Waals surface area contributed by atoms with Gasteiger partial charge in [-0.25, -0.2) is 8.42 Å². The van der Waals surface area contributed by atoms with E-state index in [4.69, 9.17) is 16.3 Å². The summed E-state index contributed by atoms with van der Waals surface area (Å²) in [6.07, 6.45) is 5.57. The number of benzene rings is 1. The summed E-state index contributed by atoms with van der Waals surface area (Å²) in [7, 11) is -2.17. The molecular formula is C22H34ClN3O4S. The Bertz CT molecular complexity index is 879. The van der Waals surface area contributed by atoms with Gasteiger partial charge in [0, 0.05) is 38.3 Å². The summed E-state index contributed by atoms with van der Waals surface area (Å²) < 4.78 is 32.5. The molecule has 174 valence electrons. The van der Waals surface area contributed by atoms with E-state index in [1.165, 1.54) is 36.0 Å². The van der Waals surface area contributed by atoms with Gasteiger partial charge in [-0.2, -0.15) is 4.31 Å². The van der Waals surface area contributed by atoms with Crippen molar-refractivity contribution in [1.82, 2.24) is 14.5 Å². The highest BCUT2D eigenvalue weighted by Crippen LogP contribution is 2.34. The number of nitrogens with zero attached hydrogens (tertiary/aromatic N) is 2. The molecule has 1 amide bonds. The number of amides is 1. The van der Waals surface area contributed by atoms with E-state index >= 15 is 0 Å². The van der Waals surface area contributed by atoms with E-state index < -0.39 is 10.0 Å². The molecule has 2 aliphatic rings. The van der Waals surface area contributed by atoms with Gasteiger partial charge in [0.05, 0.1) is 28.7 Å². The molecule has 9 heteroatoms. The van der Waals surface area contributed by atoms with Crippen molar-refractivity contribution in [2.24, 2.45) is 0 Å². The van der Waals surface area contributed by atoms with Gasteiger partial charge in [-0.15, -0.1) is 0 Å². The molecule has 1 heterocycles. The molecule has 0 bridgehead atoms. The van der Waals surface area contributed by atoms with Gasteiger partial charge >= 0.3 is 0 Å². The second-order valence-electron chi connectivity index (χ2n) is 8.82. The van der Waals surface area contributed by atoms with Gasteiger partial charge in [-0.3, -0.25) is 9.69 Å². The molecule has 1 aromatic carbocycles. The van der Waals surface area contributed by atoms with Gasteiger partial charge in [-0.05, 0) is 44.9 Å². The molecule has 1 aromatic rings. The summed E-state index contributed by atoms with van der Waals surface area (Å²) in [6.45, 7) is 7.28. The minimum Gasteiger partial charge on any atom is -0.379 e. The van der Waals surface area contributed by atoms with E-state index in [1.54, 1.807) is 13.8 Å². The molecule has 31 heavy (non-hydrogen) atoms. The van der Waals surface area contributed by atoms with E-state index in [2.05, 4.69) is 10.2 Å². The Morgan fingerprint density at radius 1 is 1.23 bits per heavy atom. The van der Waals surface area contributed by atoms with Crippen LogP contribution in [0.15, 0.2) is 23.1 Å². The highest BCUT2D eigenvalue weighted by molar-refractivity contribution is 7.89. The average Bonchev–Trinajstić information content (AvgIpc) is 2.78. The lowest BCUT2D eigenvalue weighted by Crippen LogP contribution is -2.59. The Balaban J connectivity index is 1.79. The first-order chi connectivity index (χ1) is 14.7. The van der Waals surface area contributed by atoms with Crippen LogP contribution in [0.3, 0.4) is 0 Å². The van der Waals surface area contributed by atoms with Crippen LogP contribution in [-0.4, -0.2) is 75.0 Å². The number of rotatable bonds is 7. The normalized spacial score (nSPS) is 20.2. The fourth-order valence-electron chi connectivity index (χ4n) is 4.48. The largest absolute Gasteiger partial charge is 0.379 e. The van der Waals surface area contributed by atoms with Gasteiger partial charge in [0.15, 0.2) is 0 Å². The molecule has 0 spiro atoms. The lowest BCUT2D eigenvalue weighted by atomic mass is 9.79. The zero-order chi connectivity index (χ0) is 22.6. The maximum Gasteiger partial charge on any atom is 0.252 e. The third kappa shape index (κ3) is 5.42. The van der Waals surface area contributed by atoms with Crippen molar-refractivity contribution in [1.29, 1.82) is 0 Å². The van der Waals surface area contributed by atoms with Gasteiger partial charge < -0.3 is 10.1 Å². The third-order valence-electron chi connectivity index (χ3n) is 6.63. The SMILES string of the molecule is CC(C)N(C)S(=O)(=O)c1ccc(Cl)c(C(=O)NCC2(N3CCOCC3)CCCCC2)c1. The van der Waals surface area contributed by atoms with Crippen LogP contribution in [0.1, 0.15) is 56.3 Å². The minimum absolute atomic E-state index is 0.0683. The Kier molecular flexibility index (Phi) is 8.02. The summed E-state index contributed by atoms with van der Waals surface area (Å²) in [6, 6.07) is 4.12. The third-order valence-corrected chi connectivity index (χ3v) is 8.99. The second kappa shape index (κ2) is 10.2. The Morgan fingerprint density at radius 2 is 1.87 bits per heavy atom. The summed E-state index contributed by atoms with van der Waals surface area (Å²) >= 11 is 6.29. The Labute approximate surface area is 191 Å². The smallest absolute Gasteiger partial charge is 0.252 e. The molecule has 7 nitrogen and oxygen atoms in total. The van der Waals surface area contributed by atoms with E-state index in [9.17, 15) is 13.2 Å². The molecule has 0 radical (unpaired) electrons. The van der Waals surface area contributed by atoms with Crippen molar-refractivity contribution >= 4 is 27.5 Å². The molecule has 3 rings (SSSR count). The fraction of sp³-hybridized carbons (Fsp3) is 0.682. The number of carbonyl (C=O) groups excluding carboxylic acids is 1. The van der Waals surface area contributed by atoms with Crippen molar-refractivity contribution < 1.29 is 17.9 Å². The van der Waals surface area contributed by atoms with E-state index in [1.807, 2.05) is 0 Å².